The molecule has 0 amide bonds. The zero-order chi connectivity index (χ0) is 10.8. The molecule has 1 fully saturated rings. The van der Waals surface area contributed by atoms with Gasteiger partial charge in [-0.1, -0.05) is 6.92 Å². The predicted molar refractivity (Wildman–Crippen MR) is 56.3 cm³/mol. The van der Waals surface area contributed by atoms with Crippen molar-refractivity contribution in [3.8, 4) is 0 Å². The van der Waals surface area contributed by atoms with Crippen molar-refractivity contribution in [3.63, 3.8) is 0 Å². The largest absolute Gasteiger partial charge is 0.314 e. The standard InChI is InChI=1S/C8H19N3O2S/c1-4-10(3)14(12,13)11-6-5-9-7-8(11)2/h8-9H,4-7H2,1-3H3/t8-/m0/s1. The van der Waals surface area contributed by atoms with Crippen molar-refractivity contribution >= 4 is 10.2 Å². The molecule has 1 saturated heterocycles. The molecule has 1 N–H and O–H groups in total. The van der Waals surface area contributed by atoms with Gasteiger partial charge in [-0.2, -0.15) is 17.0 Å². The van der Waals surface area contributed by atoms with Gasteiger partial charge in [0.1, 0.15) is 0 Å². The molecule has 1 heterocycles. The van der Waals surface area contributed by atoms with Gasteiger partial charge in [-0.15, -0.1) is 0 Å². The molecule has 0 spiro atoms. The highest BCUT2D eigenvalue weighted by Gasteiger charge is 2.31. The van der Waals surface area contributed by atoms with Gasteiger partial charge in [0.25, 0.3) is 10.2 Å². The molecule has 0 aromatic heterocycles. The number of nitrogens with one attached hydrogen (secondary N) is 1. The van der Waals surface area contributed by atoms with E-state index in [4.69, 9.17) is 0 Å². The minimum Gasteiger partial charge on any atom is -0.314 e. The summed E-state index contributed by atoms with van der Waals surface area (Å²) < 4.78 is 26.8. The minimum absolute atomic E-state index is 0.0442. The zero-order valence-electron chi connectivity index (χ0n) is 9.02. The number of rotatable bonds is 3. The van der Waals surface area contributed by atoms with E-state index < -0.39 is 10.2 Å². The Morgan fingerprint density at radius 1 is 1.57 bits per heavy atom. The molecule has 0 aromatic rings. The minimum atomic E-state index is -3.23. The first-order valence-corrected chi connectivity index (χ1v) is 6.33. The van der Waals surface area contributed by atoms with E-state index in [0.717, 1.165) is 13.1 Å². The van der Waals surface area contributed by atoms with E-state index in [1.54, 1.807) is 11.4 Å². The second kappa shape index (κ2) is 4.57. The number of hydrogen-bond acceptors (Lipinski definition) is 3. The topological polar surface area (TPSA) is 52.7 Å². The van der Waals surface area contributed by atoms with E-state index >= 15 is 0 Å². The van der Waals surface area contributed by atoms with Crippen LogP contribution in [-0.4, -0.2) is 56.3 Å². The molecule has 14 heavy (non-hydrogen) atoms. The summed E-state index contributed by atoms with van der Waals surface area (Å²) in [5.74, 6) is 0. The van der Waals surface area contributed by atoms with Crippen LogP contribution in [0.3, 0.4) is 0 Å². The zero-order valence-corrected chi connectivity index (χ0v) is 9.84. The fourth-order valence-electron chi connectivity index (χ4n) is 1.51. The SMILES string of the molecule is CCN(C)S(=O)(=O)N1CCNC[C@@H]1C. The quantitative estimate of drug-likeness (QED) is 0.697. The van der Waals surface area contributed by atoms with Crippen LogP contribution in [0.15, 0.2) is 0 Å². The van der Waals surface area contributed by atoms with Gasteiger partial charge in [-0.05, 0) is 6.92 Å². The van der Waals surface area contributed by atoms with E-state index in [9.17, 15) is 8.42 Å². The maximum Gasteiger partial charge on any atom is 0.282 e. The van der Waals surface area contributed by atoms with Crippen LogP contribution in [0.1, 0.15) is 13.8 Å². The number of nitrogens with zero attached hydrogens (tertiary/aromatic N) is 2. The van der Waals surface area contributed by atoms with Crippen LogP contribution in [0.2, 0.25) is 0 Å². The molecule has 6 heteroatoms. The van der Waals surface area contributed by atoms with Gasteiger partial charge in [-0.3, -0.25) is 0 Å². The third kappa shape index (κ3) is 2.25. The summed E-state index contributed by atoms with van der Waals surface area (Å²) in [5.41, 5.74) is 0. The first-order valence-electron chi connectivity index (χ1n) is 4.94. The summed E-state index contributed by atoms with van der Waals surface area (Å²) in [5, 5.41) is 3.17. The molecule has 1 aliphatic rings. The highest BCUT2D eigenvalue weighted by atomic mass is 32.2. The lowest BCUT2D eigenvalue weighted by Gasteiger charge is -2.35. The van der Waals surface area contributed by atoms with Crippen LogP contribution in [0.25, 0.3) is 0 Å². The van der Waals surface area contributed by atoms with Crippen LogP contribution in [-0.2, 0) is 10.2 Å². The van der Waals surface area contributed by atoms with E-state index in [1.165, 1.54) is 4.31 Å². The summed E-state index contributed by atoms with van der Waals surface area (Å²) in [6.45, 7) is 6.31. The molecule has 0 aromatic carbocycles. The molecular weight excluding hydrogens is 202 g/mol. The Bertz CT molecular complexity index is 278. The third-order valence-electron chi connectivity index (χ3n) is 2.58. The highest BCUT2D eigenvalue weighted by molar-refractivity contribution is 7.86. The monoisotopic (exact) mass is 221 g/mol. The smallest absolute Gasteiger partial charge is 0.282 e. The summed E-state index contributed by atoms with van der Waals surface area (Å²) >= 11 is 0. The molecule has 0 radical (unpaired) electrons. The number of piperazine rings is 1. The lowest BCUT2D eigenvalue weighted by atomic mass is 10.3. The first-order chi connectivity index (χ1) is 6.50. The lowest BCUT2D eigenvalue weighted by molar-refractivity contribution is 0.265. The van der Waals surface area contributed by atoms with Crippen molar-refractivity contribution < 1.29 is 8.42 Å². The summed E-state index contributed by atoms with van der Waals surface area (Å²) in [7, 11) is -1.62. The first kappa shape index (κ1) is 11.9. The van der Waals surface area contributed by atoms with Crippen LogP contribution < -0.4 is 5.32 Å². The Kier molecular flexibility index (Phi) is 3.88. The lowest BCUT2D eigenvalue weighted by Crippen LogP contribution is -2.55. The van der Waals surface area contributed by atoms with Crippen molar-refractivity contribution in [2.75, 3.05) is 33.2 Å². The second-order valence-electron chi connectivity index (χ2n) is 3.59. The second-order valence-corrected chi connectivity index (χ2v) is 5.57. The molecule has 0 saturated carbocycles. The van der Waals surface area contributed by atoms with Crippen molar-refractivity contribution in [1.29, 1.82) is 0 Å². The van der Waals surface area contributed by atoms with Gasteiger partial charge < -0.3 is 5.32 Å². The van der Waals surface area contributed by atoms with Gasteiger partial charge in [0.05, 0.1) is 0 Å². The van der Waals surface area contributed by atoms with Crippen LogP contribution >= 0.6 is 0 Å². The Morgan fingerprint density at radius 3 is 2.71 bits per heavy atom. The van der Waals surface area contributed by atoms with Crippen LogP contribution in [0.5, 0.6) is 0 Å². The van der Waals surface area contributed by atoms with E-state index in [0.29, 0.717) is 13.1 Å². The van der Waals surface area contributed by atoms with Crippen molar-refractivity contribution in [3.05, 3.63) is 0 Å². The summed E-state index contributed by atoms with van der Waals surface area (Å²) in [6.07, 6.45) is 0. The van der Waals surface area contributed by atoms with Gasteiger partial charge >= 0.3 is 0 Å². The van der Waals surface area contributed by atoms with E-state index in [1.807, 2.05) is 13.8 Å². The number of hydrogen-bond donors (Lipinski definition) is 1. The predicted octanol–water partition coefficient (Wildman–Crippen LogP) is -0.523. The third-order valence-corrected chi connectivity index (χ3v) is 4.76. The average molecular weight is 221 g/mol. The van der Waals surface area contributed by atoms with Gasteiger partial charge in [0.15, 0.2) is 0 Å². The maximum atomic E-state index is 12.0. The molecule has 5 nitrogen and oxygen atoms in total. The molecule has 0 aliphatic carbocycles. The molecule has 1 atom stereocenters. The van der Waals surface area contributed by atoms with Gasteiger partial charge in [0.2, 0.25) is 0 Å². The fraction of sp³-hybridized carbons (Fsp3) is 1.00. The molecule has 1 aliphatic heterocycles. The highest BCUT2D eigenvalue weighted by Crippen LogP contribution is 2.12. The van der Waals surface area contributed by atoms with Crippen molar-refractivity contribution in [2.45, 2.75) is 19.9 Å². The molecule has 84 valence electrons. The van der Waals surface area contributed by atoms with E-state index in [-0.39, 0.29) is 6.04 Å². The van der Waals surface area contributed by atoms with E-state index in [2.05, 4.69) is 5.32 Å². The molecule has 0 unspecified atom stereocenters. The van der Waals surface area contributed by atoms with Gasteiger partial charge in [0, 0.05) is 39.3 Å². The Balaban J connectivity index is 2.80. The summed E-state index contributed by atoms with van der Waals surface area (Å²) in [6, 6.07) is 0.0442. The fourth-order valence-corrected chi connectivity index (χ4v) is 3.04. The molecule has 1 rings (SSSR count). The van der Waals surface area contributed by atoms with Crippen LogP contribution in [0, 0.1) is 0 Å². The normalized spacial score (nSPS) is 25.6. The molecule has 0 bridgehead atoms. The summed E-state index contributed by atoms with van der Waals surface area (Å²) in [4.78, 5) is 0. The van der Waals surface area contributed by atoms with Crippen molar-refractivity contribution in [1.82, 2.24) is 13.9 Å². The Morgan fingerprint density at radius 2 is 2.21 bits per heavy atom. The average Bonchev–Trinajstić information content (AvgIpc) is 2.17. The Hall–Kier alpha value is -0.170. The van der Waals surface area contributed by atoms with Crippen molar-refractivity contribution in [2.24, 2.45) is 0 Å². The maximum absolute atomic E-state index is 12.0. The van der Waals surface area contributed by atoms with Crippen LogP contribution in [0.4, 0.5) is 0 Å². The molecular formula is C8H19N3O2S. The Labute approximate surface area is 86.3 Å². The van der Waals surface area contributed by atoms with Gasteiger partial charge in [-0.25, -0.2) is 0 Å².